The number of hydrogen-bond acceptors (Lipinski definition) is 8. The largest absolute Gasteiger partial charge is 0.493 e. The zero-order valence-corrected chi connectivity index (χ0v) is 22.1. The van der Waals surface area contributed by atoms with Crippen LogP contribution in [-0.4, -0.2) is 54.6 Å². The molecule has 188 valence electrons. The highest BCUT2D eigenvalue weighted by molar-refractivity contribution is 7.80. The summed E-state index contributed by atoms with van der Waals surface area (Å²) in [7, 11) is 8.38. The van der Waals surface area contributed by atoms with E-state index < -0.39 is 0 Å². The third-order valence-corrected chi connectivity index (χ3v) is 6.29. The van der Waals surface area contributed by atoms with E-state index in [9.17, 15) is 0 Å². The number of benzene rings is 2. The summed E-state index contributed by atoms with van der Waals surface area (Å²) in [6.45, 7) is 2.33. The molecule has 0 radical (unpaired) electrons. The van der Waals surface area contributed by atoms with E-state index >= 15 is 0 Å². The molecule has 0 N–H and O–H groups in total. The molecule has 2 aromatic carbocycles. The quantitative estimate of drug-likeness (QED) is 0.294. The van der Waals surface area contributed by atoms with Crippen LogP contribution in [0.15, 0.2) is 42.7 Å². The molecular formula is C27H29N3O5S. The van der Waals surface area contributed by atoms with Crippen molar-refractivity contribution in [1.29, 1.82) is 0 Å². The standard InChI is InChI=1S/C27H29N3O5S/c1-7-35-27(36)26-19(15-24-28-10-11-30(24)2)29-18-14-23(34-6)22(33-5)13-17(18)25(26)16-8-9-20(31-3)21(12-16)32-4/h8-14H,7,15H2,1-6H3. The fraction of sp³-hybridized carbons (Fsp3) is 0.296. The number of pyridine rings is 1. The number of hydrogen-bond donors (Lipinski definition) is 0. The molecule has 4 rings (SSSR count). The van der Waals surface area contributed by atoms with Crippen LogP contribution in [0.5, 0.6) is 23.0 Å². The van der Waals surface area contributed by atoms with Gasteiger partial charge in [-0.05, 0) is 42.9 Å². The van der Waals surface area contributed by atoms with Crippen molar-refractivity contribution in [3.05, 3.63) is 59.8 Å². The maximum atomic E-state index is 5.88. The van der Waals surface area contributed by atoms with Crippen LogP contribution in [0.4, 0.5) is 0 Å². The summed E-state index contributed by atoms with van der Waals surface area (Å²) < 4.78 is 30.1. The highest BCUT2D eigenvalue weighted by Crippen LogP contribution is 2.42. The van der Waals surface area contributed by atoms with Gasteiger partial charge < -0.3 is 28.3 Å². The first-order chi connectivity index (χ1) is 17.4. The Morgan fingerprint density at radius 1 is 0.917 bits per heavy atom. The lowest BCUT2D eigenvalue weighted by Gasteiger charge is -2.20. The van der Waals surface area contributed by atoms with Crippen molar-refractivity contribution < 1.29 is 23.7 Å². The molecule has 0 aliphatic heterocycles. The van der Waals surface area contributed by atoms with E-state index in [-0.39, 0.29) is 0 Å². The Morgan fingerprint density at radius 2 is 1.58 bits per heavy atom. The monoisotopic (exact) mass is 507 g/mol. The summed E-state index contributed by atoms with van der Waals surface area (Å²) in [5.41, 5.74) is 3.91. The van der Waals surface area contributed by atoms with Crippen LogP contribution in [0.1, 0.15) is 24.0 Å². The summed E-state index contributed by atoms with van der Waals surface area (Å²) in [6, 6.07) is 9.54. The average molecular weight is 508 g/mol. The van der Waals surface area contributed by atoms with E-state index in [2.05, 4.69) is 4.98 Å². The van der Waals surface area contributed by atoms with E-state index in [1.165, 1.54) is 0 Å². The van der Waals surface area contributed by atoms with Gasteiger partial charge in [0.25, 0.3) is 0 Å². The van der Waals surface area contributed by atoms with Crippen molar-refractivity contribution in [2.45, 2.75) is 13.3 Å². The molecule has 2 heterocycles. The minimum atomic E-state index is 0.357. The number of imidazole rings is 1. The second-order valence-corrected chi connectivity index (χ2v) is 8.33. The van der Waals surface area contributed by atoms with Gasteiger partial charge in [-0.3, -0.25) is 4.98 Å². The molecule has 0 atom stereocenters. The summed E-state index contributed by atoms with van der Waals surface area (Å²) in [5.74, 6) is 3.24. The van der Waals surface area contributed by atoms with Gasteiger partial charge in [0, 0.05) is 42.9 Å². The van der Waals surface area contributed by atoms with Crippen LogP contribution in [0.2, 0.25) is 0 Å². The van der Waals surface area contributed by atoms with Crippen LogP contribution in [0.3, 0.4) is 0 Å². The Labute approximate surface area is 215 Å². The highest BCUT2D eigenvalue weighted by Gasteiger charge is 2.24. The Morgan fingerprint density at radius 3 is 2.19 bits per heavy atom. The number of ether oxygens (including phenoxy) is 5. The Bertz CT molecular complexity index is 1420. The fourth-order valence-corrected chi connectivity index (χ4v) is 4.54. The number of methoxy groups -OCH3 is 4. The third-order valence-electron chi connectivity index (χ3n) is 5.96. The Hall–Kier alpha value is -3.85. The lowest BCUT2D eigenvalue weighted by Crippen LogP contribution is -2.13. The molecule has 4 aromatic rings. The zero-order chi connectivity index (χ0) is 25.8. The normalized spacial score (nSPS) is 10.8. The maximum absolute atomic E-state index is 5.88. The molecule has 0 bridgehead atoms. The van der Waals surface area contributed by atoms with Gasteiger partial charge in [-0.2, -0.15) is 0 Å². The predicted molar refractivity (Wildman–Crippen MR) is 143 cm³/mol. The second-order valence-electron chi connectivity index (χ2n) is 7.95. The molecule has 0 saturated heterocycles. The Balaban J connectivity index is 2.12. The van der Waals surface area contributed by atoms with E-state index in [1.807, 2.05) is 55.1 Å². The highest BCUT2D eigenvalue weighted by atomic mass is 32.1. The molecule has 0 amide bonds. The lowest BCUT2D eigenvalue weighted by atomic mass is 9.92. The van der Waals surface area contributed by atoms with E-state index in [4.69, 9.17) is 40.9 Å². The minimum Gasteiger partial charge on any atom is -0.493 e. The fourth-order valence-electron chi connectivity index (χ4n) is 4.20. The first-order valence-corrected chi connectivity index (χ1v) is 11.8. The van der Waals surface area contributed by atoms with Crippen LogP contribution < -0.4 is 18.9 Å². The summed E-state index contributed by atoms with van der Waals surface area (Å²) in [4.78, 5) is 9.54. The van der Waals surface area contributed by atoms with Crippen LogP contribution in [0, 0.1) is 0 Å². The predicted octanol–water partition coefficient (Wildman–Crippen LogP) is 4.97. The zero-order valence-electron chi connectivity index (χ0n) is 21.2. The van der Waals surface area contributed by atoms with Gasteiger partial charge >= 0.3 is 0 Å². The van der Waals surface area contributed by atoms with Gasteiger partial charge in [-0.15, -0.1) is 0 Å². The second kappa shape index (κ2) is 10.8. The molecule has 0 saturated carbocycles. The molecule has 8 nitrogen and oxygen atoms in total. The van der Waals surface area contributed by atoms with Crippen molar-refractivity contribution in [2.75, 3.05) is 35.0 Å². The number of thiocarbonyl (C=S) groups is 1. The molecule has 0 unspecified atom stereocenters. The van der Waals surface area contributed by atoms with Gasteiger partial charge in [0.2, 0.25) is 0 Å². The number of aromatic nitrogens is 3. The smallest absolute Gasteiger partial charge is 0.193 e. The number of aryl methyl sites for hydroxylation is 1. The third kappa shape index (κ3) is 4.66. The topological polar surface area (TPSA) is 76.9 Å². The molecule has 36 heavy (non-hydrogen) atoms. The van der Waals surface area contributed by atoms with Crippen molar-refractivity contribution in [2.24, 2.45) is 7.05 Å². The number of rotatable bonds is 9. The van der Waals surface area contributed by atoms with Crippen LogP contribution >= 0.6 is 12.2 Å². The molecule has 0 aliphatic carbocycles. The molecule has 0 aliphatic rings. The average Bonchev–Trinajstić information content (AvgIpc) is 3.30. The maximum Gasteiger partial charge on any atom is 0.193 e. The van der Waals surface area contributed by atoms with Gasteiger partial charge in [-0.25, -0.2) is 4.98 Å². The molecule has 0 spiro atoms. The summed E-state index contributed by atoms with van der Waals surface area (Å²) in [6.07, 6.45) is 4.12. The minimum absolute atomic E-state index is 0.357. The van der Waals surface area contributed by atoms with E-state index in [1.54, 1.807) is 34.6 Å². The van der Waals surface area contributed by atoms with Gasteiger partial charge in [0.15, 0.2) is 28.0 Å². The van der Waals surface area contributed by atoms with Crippen molar-refractivity contribution >= 4 is 28.2 Å². The summed E-state index contributed by atoms with van der Waals surface area (Å²) in [5, 5.41) is 1.19. The van der Waals surface area contributed by atoms with Gasteiger partial charge in [0.05, 0.1) is 51.8 Å². The first-order valence-electron chi connectivity index (χ1n) is 11.4. The lowest BCUT2D eigenvalue weighted by molar-refractivity contribution is 0.337. The van der Waals surface area contributed by atoms with Crippen LogP contribution in [-0.2, 0) is 18.2 Å². The molecule has 0 fully saturated rings. The first kappa shape index (κ1) is 25.2. The van der Waals surface area contributed by atoms with Crippen molar-refractivity contribution in [3.63, 3.8) is 0 Å². The molecule has 9 heteroatoms. The SMILES string of the molecule is CCOC(=S)c1c(Cc2nccn2C)nc2cc(OC)c(OC)cc2c1-c1ccc(OC)c(OC)c1. The van der Waals surface area contributed by atoms with Gasteiger partial charge in [-0.1, -0.05) is 6.07 Å². The number of fused-ring (bicyclic) bond motifs is 1. The number of nitrogens with zero attached hydrogens (tertiary/aromatic N) is 3. The molecular weight excluding hydrogens is 478 g/mol. The molecule has 2 aromatic heterocycles. The van der Waals surface area contributed by atoms with Crippen molar-refractivity contribution in [1.82, 2.24) is 14.5 Å². The van der Waals surface area contributed by atoms with E-state index in [0.717, 1.165) is 39.1 Å². The van der Waals surface area contributed by atoms with Gasteiger partial charge in [0.1, 0.15) is 5.82 Å². The summed E-state index contributed by atoms with van der Waals surface area (Å²) >= 11 is 5.80. The van der Waals surface area contributed by atoms with Crippen molar-refractivity contribution in [3.8, 4) is 34.1 Å². The van der Waals surface area contributed by atoms with Crippen LogP contribution in [0.25, 0.3) is 22.0 Å². The Kier molecular flexibility index (Phi) is 7.59. The van der Waals surface area contributed by atoms with E-state index in [0.29, 0.717) is 41.1 Å².